The molecule has 7 heteroatoms. The Hall–Kier alpha value is -2.41. The Morgan fingerprint density at radius 2 is 1.81 bits per heavy atom. The number of amides is 1. The van der Waals surface area contributed by atoms with Crippen LogP contribution in [-0.2, 0) is 5.54 Å². The predicted octanol–water partition coefficient (Wildman–Crippen LogP) is 2.57. The minimum absolute atomic E-state index is 0.0738. The third-order valence-corrected chi connectivity index (χ3v) is 5.21. The van der Waals surface area contributed by atoms with E-state index in [1.54, 1.807) is 7.11 Å². The number of hydrogen-bond acceptors (Lipinski definition) is 5. The van der Waals surface area contributed by atoms with Gasteiger partial charge < -0.3 is 15.4 Å². The average Bonchev–Trinajstić information content (AvgIpc) is 3.11. The molecular formula is C20H29N5O2. The van der Waals surface area contributed by atoms with Crippen molar-refractivity contribution in [1.29, 1.82) is 0 Å². The molecule has 3 rings (SSSR count). The van der Waals surface area contributed by atoms with Crippen LogP contribution in [0.3, 0.4) is 0 Å². The molecule has 1 amide bonds. The minimum Gasteiger partial charge on any atom is -0.496 e. The zero-order valence-electron chi connectivity index (χ0n) is 16.8. The summed E-state index contributed by atoms with van der Waals surface area (Å²) in [5.74, 6) is 0.916. The fraction of sp³-hybridized carbons (Fsp3) is 0.550. The molecule has 0 unspecified atom stereocenters. The summed E-state index contributed by atoms with van der Waals surface area (Å²) >= 11 is 0. The van der Waals surface area contributed by atoms with Crippen molar-refractivity contribution >= 4 is 5.91 Å². The third kappa shape index (κ3) is 3.98. The number of ether oxygens (including phenoxy) is 1. The van der Waals surface area contributed by atoms with Crippen molar-refractivity contribution in [3.63, 3.8) is 0 Å². The van der Waals surface area contributed by atoms with Gasteiger partial charge in [0.15, 0.2) is 0 Å². The van der Waals surface area contributed by atoms with Gasteiger partial charge >= 0.3 is 0 Å². The number of methoxy groups -OCH3 is 1. The Kier molecular flexibility index (Phi) is 5.24. The maximum absolute atomic E-state index is 12.9. The largest absolute Gasteiger partial charge is 0.496 e. The van der Waals surface area contributed by atoms with Crippen LogP contribution in [-0.4, -0.2) is 46.0 Å². The molecule has 1 fully saturated rings. The SMILES string of the molecule is COc1c(C)cc(C(=O)N2CCC(n3cc(C(C)(C)N)nn3)CC2)cc1C. The van der Waals surface area contributed by atoms with Gasteiger partial charge in [-0.3, -0.25) is 4.79 Å². The van der Waals surface area contributed by atoms with Gasteiger partial charge in [-0.05, 0) is 63.8 Å². The van der Waals surface area contributed by atoms with Gasteiger partial charge in [-0.25, -0.2) is 4.68 Å². The van der Waals surface area contributed by atoms with Crippen molar-refractivity contribution in [1.82, 2.24) is 19.9 Å². The second kappa shape index (κ2) is 7.31. The Morgan fingerprint density at radius 1 is 1.22 bits per heavy atom. The molecule has 0 radical (unpaired) electrons. The maximum Gasteiger partial charge on any atom is 0.253 e. The number of benzene rings is 1. The molecule has 1 aromatic carbocycles. The van der Waals surface area contributed by atoms with E-state index in [2.05, 4.69) is 10.3 Å². The molecule has 2 N–H and O–H groups in total. The second-order valence-electron chi connectivity index (χ2n) is 7.97. The summed E-state index contributed by atoms with van der Waals surface area (Å²) in [5.41, 5.74) is 9.06. The molecule has 146 valence electrons. The number of carbonyl (C=O) groups is 1. The van der Waals surface area contributed by atoms with Gasteiger partial charge in [0.2, 0.25) is 0 Å². The Labute approximate surface area is 160 Å². The van der Waals surface area contributed by atoms with Gasteiger partial charge in [0.1, 0.15) is 11.4 Å². The number of likely N-dealkylation sites (tertiary alicyclic amines) is 1. The number of aromatic nitrogens is 3. The zero-order chi connectivity index (χ0) is 19.8. The first-order chi connectivity index (χ1) is 12.7. The number of piperidine rings is 1. The first-order valence-electron chi connectivity index (χ1n) is 9.36. The number of nitrogens with zero attached hydrogens (tertiary/aromatic N) is 4. The zero-order valence-corrected chi connectivity index (χ0v) is 16.8. The molecule has 2 heterocycles. The van der Waals surface area contributed by atoms with E-state index in [9.17, 15) is 4.79 Å². The van der Waals surface area contributed by atoms with E-state index in [4.69, 9.17) is 10.5 Å². The first kappa shape index (κ1) is 19.4. The number of hydrogen-bond donors (Lipinski definition) is 1. The lowest BCUT2D eigenvalue weighted by Gasteiger charge is -2.32. The fourth-order valence-electron chi connectivity index (χ4n) is 3.66. The summed E-state index contributed by atoms with van der Waals surface area (Å²) in [6.07, 6.45) is 3.64. The van der Waals surface area contributed by atoms with Gasteiger partial charge in [-0.1, -0.05) is 5.21 Å². The number of carbonyl (C=O) groups excluding carboxylic acids is 1. The van der Waals surface area contributed by atoms with Gasteiger partial charge in [-0.15, -0.1) is 5.10 Å². The van der Waals surface area contributed by atoms with Crippen LogP contribution in [0.15, 0.2) is 18.3 Å². The lowest BCUT2D eigenvalue weighted by Crippen LogP contribution is -2.39. The summed E-state index contributed by atoms with van der Waals surface area (Å²) in [4.78, 5) is 14.8. The molecule has 1 saturated heterocycles. The molecule has 2 aromatic rings. The van der Waals surface area contributed by atoms with Crippen LogP contribution in [0.4, 0.5) is 0 Å². The van der Waals surface area contributed by atoms with Crippen molar-refractivity contribution in [2.24, 2.45) is 5.73 Å². The van der Waals surface area contributed by atoms with Gasteiger partial charge in [0.05, 0.1) is 24.9 Å². The highest BCUT2D eigenvalue weighted by molar-refractivity contribution is 5.95. The van der Waals surface area contributed by atoms with E-state index in [0.717, 1.165) is 41.0 Å². The van der Waals surface area contributed by atoms with Crippen molar-refractivity contribution < 1.29 is 9.53 Å². The van der Waals surface area contributed by atoms with Crippen molar-refractivity contribution in [3.8, 4) is 5.75 Å². The van der Waals surface area contributed by atoms with Crippen molar-refractivity contribution in [2.45, 2.75) is 52.1 Å². The van der Waals surface area contributed by atoms with E-state index in [0.29, 0.717) is 13.1 Å². The normalized spacial score (nSPS) is 15.9. The number of aryl methyl sites for hydroxylation is 2. The lowest BCUT2D eigenvalue weighted by molar-refractivity contribution is 0.0689. The smallest absolute Gasteiger partial charge is 0.253 e. The molecule has 0 aliphatic carbocycles. The highest BCUT2D eigenvalue weighted by Gasteiger charge is 2.27. The van der Waals surface area contributed by atoms with Crippen LogP contribution >= 0.6 is 0 Å². The maximum atomic E-state index is 12.9. The number of nitrogens with two attached hydrogens (primary N) is 1. The summed E-state index contributed by atoms with van der Waals surface area (Å²) in [6, 6.07) is 4.07. The van der Waals surface area contributed by atoms with Crippen LogP contribution in [0.25, 0.3) is 0 Å². The van der Waals surface area contributed by atoms with Crippen molar-refractivity contribution in [3.05, 3.63) is 40.7 Å². The minimum atomic E-state index is -0.501. The Bertz CT molecular complexity index is 806. The molecule has 0 saturated carbocycles. The summed E-state index contributed by atoms with van der Waals surface area (Å²) < 4.78 is 7.29. The summed E-state index contributed by atoms with van der Waals surface area (Å²) in [7, 11) is 1.66. The third-order valence-electron chi connectivity index (χ3n) is 5.21. The van der Waals surface area contributed by atoms with Gasteiger partial charge in [0, 0.05) is 18.7 Å². The molecule has 27 heavy (non-hydrogen) atoms. The molecular weight excluding hydrogens is 342 g/mol. The van der Waals surface area contributed by atoms with Crippen LogP contribution < -0.4 is 10.5 Å². The van der Waals surface area contributed by atoms with Gasteiger partial charge in [0.25, 0.3) is 5.91 Å². The van der Waals surface area contributed by atoms with Crippen molar-refractivity contribution in [2.75, 3.05) is 20.2 Å². The van der Waals surface area contributed by atoms with Crippen LogP contribution in [0.5, 0.6) is 5.75 Å². The second-order valence-corrected chi connectivity index (χ2v) is 7.97. The molecule has 0 bridgehead atoms. The van der Waals surface area contributed by atoms with E-state index >= 15 is 0 Å². The Balaban J connectivity index is 1.67. The van der Waals surface area contributed by atoms with Crippen LogP contribution in [0.1, 0.15) is 59.9 Å². The molecule has 0 spiro atoms. The lowest BCUT2D eigenvalue weighted by atomic mass is 10.0. The quantitative estimate of drug-likeness (QED) is 0.893. The fourth-order valence-corrected chi connectivity index (χ4v) is 3.66. The topological polar surface area (TPSA) is 86.3 Å². The van der Waals surface area contributed by atoms with E-state index < -0.39 is 5.54 Å². The average molecular weight is 371 g/mol. The van der Waals surface area contributed by atoms with E-state index in [1.807, 2.05) is 55.6 Å². The van der Waals surface area contributed by atoms with Crippen LogP contribution in [0, 0.1) is 13.8 Å². The first-order valence-corrected chi connectivity index (χ1v) is 9.36. The molecule has 0 atom stereocenters. The van der Waals surface area contributed by atoms with Gasteiger partial charge in [-0.2, -0.15) is 0 Å². The van der Waals surface area contributed by atoms with Crippen LogP contribution in [0.2, 0.25) is 0 Å². The molecule has 1 aliphatic rings. The monoisotopic (exact) mass is 371 g/mol. The molecule has 1 aliphatic heterocycles. The molecule has 1 aromatic heterocycles. The van der Waals surface area contributed by atoms with E-state index in [1.165, 1.54) is 0 Å². The Morgan fingerprint density at radius 3 is 2.30 bits per heavy atom. The highest BCUT2D eigenvalue weighted by atomic mass is 16.5. The molecule has 7 nitrogen and oxygen atoms in total. The summed E-state index contributed by atoms with van der Waals surface area (Å²) in [6.45, 7) is 9.18. The predicted molar refractivity (Wildman–Crippen MR) is 104 cm³/mol. The van der Waals surface area contributed by atoms with E-state index in [-0.39, 0.29) is 11.9 Å². The standard InChI is InChI=1S/C20H29N5O2/c1-13-10-15(11-14(2)18(13)27-5)19(26)24-8-6-16(7-9-24)25-12-17(22-23-25)20(3,4)21/h10-12,16H,6-9,21H2,1-5H3. The number of rotatable bonds is 4. The highest BCUT2D eigenvalue weighted by Crippen LogP contribution is 2.27. The summed E-state index contributed by atoms with van der Waals surface area (Å²) in [5, 5.41) is 8.44.